The number of nitrogens with one attached hydrogen (secondary N) is 1. The summed E-state index contributed by atoms with van der Waals surface area (Å²) in [5.41, 5.74) is 3.06. The molecule has 0 aromatic heterocycles. The molecule has 0 spiro atoms. The summed E-state index contributed by atoms with van der Waals surface area (Å²) in [7, 11) is 0. The van der Waals surface area contributed by atoms with Gasteiger partial charge in [0.2, 0.25) is 5.91 Å². The lowest BCUT2D eigenvalue weighted by Gasteiger charge is -2.29. The Morgan fingerprint density at radius 2 is 1.95 bits per heavy atom. The molecule has 0 saturated heterocycles. The molecule has 0 saturated carbocycles. The smallest absolute Gasteiger partial charge is 0.238 e. The fourth-order valence-electron chi connectivity index (χ4n) is 2.57. The molecule has 0 fully saturated rings. The van der Waals surface area contributed by atoms with Gasteiger partial charge in [0.25, 0.3) is 0 Å². The highest BCUT2D eigenvalue weighted by Crippen LogP contribution is 2.16. The van der Waals surface area contributed by atoms with Gasteiger partial charge in [-0.15, -0.1) is 0 Å². The van der Waals surface area contributed by atoms with E-state index in [-0.39, 0.29) is 12.5 Å². The van der Waals surface area contributed by atoms with Crippen LogP contribution in [0.2, 0.25) is 0 Å². The molecule has 0 atom stereocenters. The number of aliphatic hydroxyl groups is 1. The molecule has 0 heterocycles. The number of rotatable bonds is 8. The Kier molecular flexibility index (Phi) is 7.40. The minimum absolute atomic E-state index is 0.0240. The summed E-state index contributed by atoms with van der Waals surface area (Å²) in [6.07, 6.45) is 1.96. The van der Waals surface area contributed by atoms with E-state index >= 15 is 0 Å². The first-order valence-corrected chi connectivity index (χ1v) is 7.73. The number of carbonyl (C=O) groups is 1. The Morgan fingerprint density at radius 3 is 2.52 bits per heavy atom. The zero-order chi connectivity index (χ0) is 15.8. The van der Waals surface area contributed by atoms with Crippen molar-refractivity contribution in [2.24, 2.45) is 0 Å². The van der Waals surface area contributed by atoms with Gasteiger partial charge in [0.05, 0.1) is 13.2 Å². The maximum atomic E-state index is 12.3. The molecular weight excluding hydrogens is 264 g/mol. The lowest BCUT2D eigenvalue weighted by Crippen LogP contribution is -2.42. The van der Waals surface area contributed by atoms with E-state index in [2.05, 4.69) is 24.1 Å². The average Bonchev–Trinajstić information content (AvgIpc) is 2.44. The fourth-order valence-corrected chi connectivity index (χ4v) is 2.57. The molecule has 118 valence electrons. The minimum atomic E-state index is -0.0240. The van der Waals surface area contributed by atoms with E-state index in [0.717, 1.165) is 29.7 Å². The normalized spacial score (nSPS) is 11.2. The van der Waals surface area contributed by atoms with E-state index in [9.17, 15) is 9.90 Å². The fraction of sp³-hybridized carbons (Fsp3) is 0.588. The van der Waals surface area contributed by atoms with Gasteiger partial charge in [-0.2, -0.15) is 0 Å². The number of aliphatic hydroxyl groups excluding tert-OH is 1. The third-order valence-corrected chi connectivity index (χ3v) is 3.86. The van der Waals surface area contributed by atoms with Crippen LogP contribution < -0.4 is 5.32 Å². The van der Waals surface area contributed by atoms with Crippen LogP contribution in [0.4, 0.5) is 5.69 Å². The molecule has 4 heteroatoms. The molecular formula is C17H28N2O2. The second kappa shape index (κ2) is 8.80. The van der Waals surface area contributed by atoms with Crippen molar-refractivity contribution in [3.8, 4) is 0 Å². The number of benzene rings is 1. The first kappa shape index (κ1) is 17.7. The molecule has 0 aliphatic rings. The van der Waals surface area contributed by atoms with Crippen molar-refractivity contribution >= 4 is 11.6 Å². The van der Waals surface area contributed by atoms with Crippen LogP contribution in [0.1, 0.15) is 37.8 Å². The van der Waals surface area contributed by atoms with E-state index < -0.39 is 0 Å². The molecule has 1 rings (SSSR count). The molecule has 0 radical (unpaired) electrons. The summed E-state index contributed by atoms with van der Waals surface area (Å²) in [4.78, 5) is 14.3. The van der Waals surface area contributed by atoms with Gasteiger partial charge in [-0.05, 0) is 43.9 Å². The second-order valence-corrected chi connectivity index (χ2v) is 5.53. The molecule has 1 amide bonds. The van der Waals surface area contributed by atoms with Gasteiger partial charge < -0.3 is 10.4 Å². The van der Waals surface area contributed by atoms with E-state index in [4.69, 9.17) is 0 Å². The predicted molar refractivity (Wildman–Crippen MR) is 87.6 cm³/mol. The summed E-state index contributed by atoms with van der Waals surface area (Å²) in [6, 6.07) is 6.37. The van der Waals surface area contributed by atoms with E-state index in [1.54, 1.807) is 0 Å². The minimum Gasteiger partial charge on any atom is -0.395 e. The number of amides is 1. The van der Waals surface area contributed by atoms with Crippen LogP contribution >= 0.6 is 0 Å². The van der Waals surface area contributed by atoms with Gasteiger partial charge in [-0.25, -0.2) is 0 Å². The van der Waals surface area contributed by atoms with Crippen LogP contribution in [0.15, 0.2) is 18.2 Å². The van der Waals surface area contributed by atoms with Gasteiger partial charge in [0.1, 0.15) is 0 Å². The van der Waals surface area contributed by atoms with Crippen molar-refractivity contribution in [1.82, 2.24) is 4.90 Å². The number of hydrogen-bond acceptors (Lipinski definition) is 3. The zero-order valence-electron chi connectivity index (χ0n) is 13.6. The zero-order valence-corrected chi connectivity index (χ0v) is 13.6. The summed E-state index contributed by atoms with van der Waals surface area (Å²) < 4.78 is 0. The molecule has 0 unspecified atom stereocenters. The van der Waals surface area contributed by atoms with Crippen molar-refractivity contribution in [2.45, 2.75) is 46.6 Å². The summed E-state index contributed by atoms with van der Waals surface area (Å²) in [5, 5.41) is 12.2. The predicted octanol–water partition coefficient (Wildman–Crippen LogP) is 2.72. The third kappa shape index (κ3) is 5.48. The van der Waals surface area contributed by atoms with E-state index in [0.29, 0.717) is 19.1 Å². The first-order chi connectivity index (χ1) is 10.0. The number of hydrogen-bond donors (Lipinski definition) is 2. The lowest BCUT2D eigenvalue weighted by atomic mass is 10.1. The van der Waals surface area contributed by atoms with Crippen LogP contribution in [-0.4, -0.2) is 41.7 Å². The van der Waals surface area contributed by atoms with Crippen LogP contribution in [0.25, 0.3) is 0 Å². The SMILES string of the molecule is CCC(CC)N(CCO)CC(=O)Nc1cc(C)ccc1C. The molecule has 1 aromatic carbocycles. The molecule has 0 aliphatic heterocycles. The molecule has 2 N–H and O–H groups in total. The summed E-state index contributed by atoms with van der Waals surface area (Å²) in [6.45, 7) is 9.15. The van der Waals surface area contributed by atoms with Crippen molar-refractivity contribution in [3.05, 3.63) is 29.3 Å². The largest absolute Gasteiger partial charge is 0.395 e. The maximum Gasteiger partial charge on any atom is 0.238 e. The van der Waals surface area contributed by atoms with Crippen molar-refractivity contribution in [3.63, 3.8) is 0 Å². The Morgan fingerprint density at radius 1 is 1.29 bits per heavy atom. The Balaban J connectivity index is 2.71. The average molecular weight is 292 g/mol. The highest BCUT2D eigenvalue weighted by Gasteiger charge is 2.18. The molecule has 4 nitrogen and oxygen atoms in total. The van der Waals surface area contributed by atoms with Gasteiger partial charge in [0, 0.05) is 18.3 Å². The molecule has 1 aromatic rings. The highest BCUT2D eigenvalue weighted by molar-refractivity contribution is 5.93. The summed E-state index contributed by atoms with van der Waals surface area (Å²) >= 11 is 0. The van der Waals surface area contributed by atoms with Gasteiger partial charge in [-0.3, -0.25) is 9.69 Å². The first-order valence-electron chi connectivity index (χ1n) is 7.73. The monoisotopic (exact) mass is 292 g/mol. The van der Waals surface area contributed by atoms with Crippen LogP contribution in [-0.2, 0) is 4.79 Å². The lowest BCUT2D eigenvalue weighted by molar-refractivity contribution is -0.118. The van der Waals surface area contributed by atoms with Gasteiger partial charge >= 0.3 is 0 Å². The maximum absolute atomic E-state index is 12.3. The van der Waals surface area contributed by atoms with Gasteiger partial charge in [-0.1, -0.05) is 26.0 Å². The topological polar surface area (TPSA) is 52.6 Å². The van der Waals surface area contributed by atoms with Crippen LogP contribution in [0.3, 0.4) is 0 Å². The van der Waals surface area contributed by atoms with Gasteiger partial charge in [0.15, 0.2) is 0 Å². The third-order valence-electron chi connectivity index (χ3n) is 3.86. The molecule has 21 heavy (non-hydrogen) atoms. The quantitative estimate of drug-likeness (QED) is 0.774. The molecule has 0 aliphatic carbocycles. The van der Waals surface area contributed by atoms with Crippen molar-refractivity contribution in [1.29, 1.82) is 0 Å². The Labute approximate surface area is 128 Å². The second-order valence-electron chi connectivity index (χ2n) is 5.53. The standard InChI is InChI=1S/C17H28N2O2/c1-5-15(6-2)19(9-10-20)12-17(21)18-16-11-13(3)7-8-14(16)4/h7-8,11,15,20H,5-6,9-10,12H2,1-4H3,(H,18,21). The highest BCUT2D eigenvalue weighted by atomic mass is 16.3. The van der Waals surface area contributed by atoms with Crippen molar-refractivity contribution < 1.29 is 9.90 Å². The van der Waals surface area contributed by atoms with Crippen LogP contribution in [0, 0.1) is 13.8 Å². The number of nitrogens with zero attached hydrogens (tertiary/aromatic N) is 1. The number of anilines is 1. The van der Waals surface area contributed by atoms with E-state index in [1.807, 2.05) is 32.0 Å². The number of carbonyl (C=O) groups excluding carboxylic acids is 1. The van der Waals surface area contributed by atoms with E-state index in [1.165, 1.54) is 0 Å². The summed E-state index contributed by atoms with van der Waals surface area (Å²) in [5.74, 6) is -0.0240. The number of aryl methyl sites for hydroxylation is 2. The Bertz CT molecular complexity index is 456. The Hall–Kier alpha value is -1.39. The van der Waals surface area contributed by atoms with Crippen LogP contribution in [0.5, 0.6) is 0 Å². The van der Waals surface area contributed by atoms with Crippen molar-refractivity contribution in [2.75, 3.05) is 25.0 Å². The molecule has 0 bridgehead atoms.